The summed E-state index contributed by atoms with van der Waals surface area (Å²) in [7, 11) is 0.187. The lowest BCUT2D eigenvalue weighted by molar-refractivity contribution is 0.389. The first kappa shape index (κ1) is 17.2. The van der Waals surface area contributed by atoms with Crippen molar-refractivity contribution in [1.82, 2.24) is 0 Å². The Kier molecular flexibility index (Phi) is 6.75. The minimum atomic E-state index is -1.59. The molecule has 0 spiro atoms. The Morgan fingerprint density at radius 3 is 2.00 bits per heavy atom. The maximum absolute atomic E-state index is 13.1. The van der Waals surface area contributed by atoms with Gasteiger partial charge in [0.1, 0.15) is 0 Å². The van der Waals surface area contributed by atoms with Gasteiger partial charge in [-0.2, -0.15) is 0 Å². The van der Waals surface area contributed by atoms with E-state index in [1.165, 1.54) is 0 Å². The Morgan fingerprint density at radius 2 is 1.55 bits per heavy atom. The van der Waals surface area contributed by atoms with Crippen molar-refractivity contribution in [2.45, 2.75) is 51.2 Å². The van der Waals surface area contributed by atoms with Crippen molar-refractivity contribution in [2.75, 3.05) is 7.11 Å². The smallest absolute Gasteiger partial charge is 0.194 e. The molecule has 1 nitrogen and oxygen atoms in total. The second-order valence-electron chi connectivity index (χ2n) is 5.17. The minimum absolute atomic E-state index is 0.513. The van der Waals surface area contributed by atoms with Crippen LogP contribution in [0.3, 0.4) is 0 Å². The number of hydrogen-bond acceptors (Lipinski definition) is 1. The maximum Gasteiger partial charge on any atom is 0.194 e. The normalized spacial score (nSPS) is 11.9. The second-order valence-corrected chi connectivity index (χ2v) is 9.86. The molecule has 0 bridgehead atoms. The fourth-order valence-corrected chi connectivity index (χ4v) is 5.41. The fraction of sp³-hybridized carbons (Fsp3) is 0.600. The molecule has 1 aromatic rings. The SMILES string of the molecule is CC[Si](CC)(CCCCc1cc(F)c(F)c(F)c1)OC. The van der Waals surface area contributed by atoms with Gasteiger partial charge in [0.15, 0.2) is 25.8 Å². The molecule has 0 heterocycles. The summed E-state index contributed by atoms with van der Waals surface area (Å²) in [6.07, 6.45) is 2.38. The van der Waals surface area contributed by atoms with E-state index in [1.807, 2.05) is 0 Å². The van der Waals surface area contributed by atoms with Gasteiger partial charge < -0.3 is 4.43 Å². The van der Waals surface area contributed by atoms with Gasteiger partial charge in [-0.15, -0.1) is 0 Å². The van der Waals surface area contributed by atoms with Crippen molar-refractivity contribution in [2.24, 2.45) is 0 Å². The molecule has 114 valence electrons. The number of aryl methyl sites for hydroxylation is 1. The Bertz CT molecular complexity index is 402. The van der Waals surface area contributed by atoms with Gasteiger partial charge in [0.25, 0.3) is 0 Å². The quantitative estimate of drug-likeness (QED) is 0.370. The Hall–Kier alpha value is -0.813. The van der Waals surface area contributed by atoms with E-state index in [2.05, 4.69) is 13.8 Å². The zero-order valence-corrected chi connectivity index (χ0v) is 13.4. The van der Waals surface area contributed by atoms with Crippen LogP contribution in [0, 0.1) is 17.5 Å². The molecular weight excluding hydrogens is 281 g/mol. The van der Waals surface area contributed by atoms with Crippen LogP contribution in [-0.4, -0.2) is 15.4 Å². The van der Waals surface area contributed by atoms with E-state index < -0.39 is 25.8 Å². The van der Waals surface area contributed by atoms with Crippen LogP contribution in [0.25, 0.3) is 0 Å². The van der Waals surface area contributed by atoms with Crippen molar-refractivity contribution in [1.29, 1.82) is 0 Å². The van der Waals surface area contributed by atoms with Crippen LogP contribution in [0.4, 0.5) is 13.2 Å². The second kappa shape index (κ2) is 7.83. The minimum Gasteiger partial charge on any atom is -0.420 e. The highest BCUT2D eigenvalue weighted by atomic mass is 28.4. The molecule has 0 aliphatic carbocycles. The van der Waals surface area contributed by atoms with Crippen LogP contribution in [0.1, 0.15) is 32.3 Å². The van der Waals surface area contributed by atoms with E-state index in [-0.39, 0.29) is 0 Å². The Morgan fingerprint density at radius 1 is 1.00 bits per heavy atom. The van der Waals surface area contributed by atoms with Crippen LogP contribution in [0.5, 0.6) is 0 Å². The van der Waals surface area contributed by atoms with Gasteiger partial charge in [0.2, 0.25) is 0 Å². The molecule has 5 heteroatoms. The van der Waals surface area contributed by atoms with Gasteiger partial charge in [-0.1, -0.05) is 20.3 Å². The number of halogens is 3. The molecule has 20 heavy (non-hydrogen) atoms. The largest absolute Gasteiger partial charge is 0.420 e. The lowest BCUT2D eigenvalue weighted by atomic mass is 10.1. The molecule has 0 unspecified atom stereocenters. The molecule has 0 saturated carbocycles. The van der Waals surface area contributed by atoms with Gasteiger partial charge in [-0.3, -0.25) is 0 Å². The van der Waals surface area contributed by atoms with E-state index in [9.17, 15) is 13.2 Å². The Balaban J connectivity index is 2.49. The highest BCUT2D eigenvalue weighted by Crippen LogP contribution is 2.24. The molecule has 0 fully saturated rings. The maximum atomic E-state index is 13.1. The molecule has 0 aromatic heterocycles. The zero-order valence-electron chi connectivity index (χ0n) is 12.4. The third-order valence-electron chi connectivity index (χ3n) is 4.11. The van der Waals surface area contributed by atoms with E-state index in [0.717, 1.165) is 43.1 Å². The fourth-order valence-electron chi connectivity index (χ4n) is 2.52. The van der Waals surface area contributed by atoms with Gasteiger partial charge >= 0.3 is 0 Å². The molecular formula is C15H23F3OSi. The molecule has 0 N–H and O–H groups in total. The van der Waals surface area contributed by atoms with E-state index >= 15 is 0 Å². The first-order valence-corrected chi connectivity index (χ1v) is 9.69. The highest BCUT2D eigenvalue weighted by molar-refractivity contribution is 6.73. The number of rotatable bonds is 8. The molecule has 0 radical (unpaired) electrons. The molecule has 0 amide bonds. The lowest BCUT2D eigenvalue weighted by Gasteiger charge is -2.27. The zero-order chi connectivity index (χ0) is 15.2. The van der Waals surface area contributed by atoms with Crippen molar-refractivity contribution in [3.05, 3.63) is 35.1 Å². The third-order valence-corrected chi connectivity index (χ3v) is 8.82. The first-order chi connectivity index (χ1) is 9.48. The molecule has 1 aromatic carbocycles. The summed E-state index contributed by atoms with van der Waals surface area (Å²) in [6, 6.07) is 5.39. The van der Waals surface area contributed by atoms with Crippen LogP contribution < -0.4 is 0 Å². The van der Waals surface area contributed by atoms with Crippen molar-refractivity contribution in [3.63, 3.8) is 0 Å². The monoisotopic (exact) mass is 304 g/mol. The molecule has 1 rings (SSSR count). The van der Waals surface area contributed by atoms with Crippen LogP contribution in [-0.2, 0) is 10.8 Å². The number of unbranched alkanes of at least 4 members (excludes halogenated alkanes) is 1. The molecule has 0 aliphatic rings. The summed E-state index contributed by atoms with van der Waals surface area (Å²) in [5.41, 5.74) is 0.513. The topological polar surface area (TPSA) is 9.23 Å². The average molecular weight is 304 g/mol. The molecule has 0 aliphatic heterocycles. The summed E-state index contributed by atoms with van der Waals surface area (Å²) < 4.78 is 44.7. The summed E-state index contributed by atoms with van der Waals surface area (Å²) in [5.74, 6) is -3.61. The van der Waals surface area contributed by atoms with Crippen molar-refractivity contribution in [3.8, 4) is 0 Å². The summed E-state index contributed by atoms with van der Waals surface area (Å²) in [4.78, 5) is 0. The first-order valence-electron chi connectivity index (χ1n) is 7.16. The van der Waals surface area contributed by atoms with Crippen molar-refractivity contribution < 1.29 is 17.6 Å². The van der Waals surface area contributed by atoms with Crippen molar-refractivity contribution >= 4 is 8.32 Å². The molecule has 0 saturated heterocycles. The van der Waals surface area contributed by atoms with Crippen LogP contribution in [0.2, 0.25) is 18.1 Å². The average Bonchev–Trinajstić information content (AvgIpc) is 2.45. The van der Waals surface area contributed by atoms with E-state index in [1.54, 1.807) is 7.11 Å². The predicted molar refractivity (Wildman–Crippen MR) is 77.8 cm³/mol. The standard InChI is InChI=1S/C15H23F3OSi/c1-4-20(5-2,19-3)9-7-6-8-12-10-13(16)15(18)14(17)11-12/h10-11H,4-9H2,1-3H3. The van der Waals surface area contributed by atoms with Gasteiger partial charge in [0.05, 0.1) is 0 Å². The summed E-state index contributed by atoms with van der Waals surface area (Å²) in [6.45, 7) is 4.31. The number of hydrogen-bond donors (Lipinski definition) is 0. The summed E-state index contributed by atoms with van der Waals surface area (Å²) >= 11 is 0. The van der Waals surface area contributed by atoms with Crippen LogP contribution in [0.15, 0.2) is 12.1 Å². The third kappa shape index (κ3) is 4.35. The van der Waals surface area contributed by atoms with Crippen LogP contribution >= 0.6 is 0 Å². The highest BCUT2D eigenvalue weighted by Gasteiger charge is 2.28. The van der Waals surface area contributed by atoms with E-state index in [4.69, 9.17) is 4.43 Å². The summed E-state index contributed by atoms with van der Waals surface area (Å²) in [5, 5.41) is 0. The van der Waals surface area contributed by atoms with Gasteiger partial charge in [-0.05, 0) is 48.7 Å². The van der Waals surface area contributed by atoms with E-state index in [0.29, 0.717) is 12.0 Å². The molecule has 0 atom stereocenters. The predicted octanol–water partition coefficient (Wildman–Crippen LogP) is 5.06. The van der Waals surface area contributed by atoms with Gasteiger partial charge in [0, 0.05) is 7.11 Å². The Labute approximate surface area is 120 Å². The number of benzene rings is 1. The lowest BCUT2D eigenvalue weighted by Crippen LogP contribution is -2.34. The van der Waals surface area contributed by atoms with Gasteiger partial charge in [-0.25, -0.2) is 13.2 Å².